The molecule has 1 atom stereocenters. The smallest absolute Gasteiger partial charge is 0 e. The molecule has 2 aromatic rings. The minimum atomic E-state index is 0. The predicted octanol–water partition coefficient (Wildman–Crippen LogP) is 5.37. The Labute approximate surface area is 153 Å². The third-order valence-corrected chi connectivity index (χ3v) is 4.18. The van der Waals surface area contributed by atoms with Crippen LogP contribution in [0.25, 0.3) is 5.57 Å². The van der Waals surface area contributed by atoms with Gasteiger partial charge >= 0.3 is 0 Å². The summed E-state index contributed by atoms with van der Waals surface area (Å²) >= 11 is 0. The topological polar surface area (TPSA) is 0 Å². The van der Waals surface area contributed by atoms with Gasteiger partial charge in [0.05, 0.1) is 0 Å². The zero-order chi connectivity index (χ0) is 15.5. The summed E-state index contributed by atoms with van der Waals surface area (Å²) in [4.78, 5) is 0. The standard InChI is InChI=1S/C22H20.Ir/c1-4-9-18-14-16(2)22(17(3)15-18)21-13-8-12-20(21)19-10-6-5-7-11-19;/h4-8,10,13-15,21H,1,9H2,2-3H3;/q-2;. The van der Waals surface area contributed by atoms with E-state index < -0.39 is 0 Å². The molecule has 0 spiro atoms. The number of hydrogen-bond acceptors (Lipinski definition) is 0. The molecule has 0 amide bonds. The summed E-state index contributed by atoms with van der Waals surface area (Å²) < 4.78 is 0. The summed E-state index contributed by atoms with van der Waals surface area (Å²) in [7, 11) is 0. The molecular weight excluding hydrogens is 456 g/mol. The van der Waals surface area contributed by atoms with Crippen molar-refractivity contribution < 1.29 is 20.1 Å². The van der Waals surface area contributed by atoms with E-state index in [-0.39, 0.29) is 26.0 Å². The first-order chi connectivity index (χ1) is 10.7. The fourth-order valence-electron chi connectivity index (χ4n) is 3.31. The minimum absolute atomic E-state index is 0. The van der Waals surface area contributed by atoms with Crippen molar-refractivity contribution in [2.24, 2.45) is 0 Å². The SMILES string of the molecule is C=CCc1cc(C)c(C2C=C[C-]=C2c2[c-]cccc2)c(C)c1.[Ir]. The molecule has 0 bridgehead atoms. The second-order valence-corrected chi connectivity index (χ2v) is 5.81. The van der Waals surface area contributed by atoms with E-state index in [1.54, 1.807) is 0 Å². The van der Waals surface area contributed by atoms with Crippen LogP contribution in [0.4, 0.5) is 0 Å². The van der Waals surface area contributed by atoms with Gasteiger partial charge in [-0.15, -0.1) is 12.6 Å². The molecule has 0 heterocycles. The summed E-state index contributed by atoms with van der Waals surface area (Å²) in [6.07, 6.45) is 10.6. The molecule has 1 aliphatic carbocycles. The van der Waals surface area contributed by atoms with Gasteiger partial charge < -0.3 is 0 Å². The summed E-state index contributed by atoms with van der Waals surface area (Å²) in [5.74, 6) is 0.274. The Morgan fingerprint density at radius 1 is 1.17 bits per heavy atom. The fourth-order valence-corrected chi connectivity index (χ4v) is 3.31. The molecule has 1 aliphatic rings. The van der Waals surface area contributed by atoms with E-state index in [0.29, 0.717) is 0 Å². The van der Waals surface area contributed by atoms with Crippen LogP contribution in [0.1, 0.15) is 33.7 Å². The Kier molecular flexibility index (Phi) is 5.93. The van der Waals surface area contributed by atoms with Crippen molar-refractivity contribution in [2.45, 2.75) is 26.2 Å². The van der Waals surface area contributed by atoms with Gasteiger partial charge in [-0.2, -0.15) is 30.4 Å². The van der Waals surface area contributed by atoms with E-state index in [9.17, 15) is 0 Å². The van der Waals surface area contributed by atoms with Crippen LogP contribution in [-0.4, -0.2) is 0 Å². The monoisotopic (exact) mass is 477 g/mol. The third-order valence-electron chi connectivity index (χ3n) is 4.18. The molecule has 0 nitrogen and oxygen atoms in total. The molecule has 0 saturated carbocycles. The van der Waals surface area contributed by atoms with Crippen molar-refractivity contribution in [2.75, 3.05) is 0 Å². The van der Waals surface area contributed by atoms with Crippen molar-refractivity contribution >= 4 is 5.57 Å². The molecule has 0 aliphatic heterocycles. The first kappa shape index (κ1) is 17.7. The molecule has 3 rings (SSSR count). The van der Waals surface area contributed by atoms with E-state index in [1.807, 2.05) is 24.3 Å². The number of allylic oxidation sites excluding steroid dienone is 5. The normalized spacial score (nSPS) is 15.9. The fraction of sp³-hybridized carbons (Fsp3) is 0.182. The van der Waals surface area contributed by atoms with Gasteiger partial charge in [-0.1, -0.05) is 29.7 Å². The molecule has 1 heteroatoms. The van der Waals surface area contributed by atoms with Crippen LogP contribution >= 0.6 is 0 Å². The molecule has 0 saturated heterocycles. The van der Waals surface area contributed by atoms with Gasteiger partial charge in [0.15, 0.2) is 0 Å². The van der Waals surface area contributed by atoms with Gasteiger partial charge in [0.1, 0.15) is 0 Å². The summed E-state index contributed by atoms with van der Waals surface area (Å²) in [6, 6.07) is 16.0. The van der Waals surface area contributed by atoms with E-state index >= 15 is 0 Å². The largest absolute Gasteiger partial charge is 0.247 e. The van der Waals surface area contributed by atoms with Crippen LogP contribution in [0, 0.1) is 26.0 Å². The van der Waals surface area contributed by atoms with Crippen molar-refractivity contribution in [3.05, 3.63) is 101 Å². The van der Waals surface area contributed by atoms with Crippen LogP contribution in [-0.2, 0) is 26.5 Å². The van der Waals surface area contributed by atoms with Gasteiger partial charge in [-0.25, -0.2) is 23.3 Å². The van der Waals surface area contributed by atoms with Crippen molar-refractivity contribution in [3.63, 3.8) is 0 Å². The van der Waals surface area contributed by atoms with Crippen molar-refractivity contribution in [3.8, 4) is 0 Å². The van der Waals surface area contributed by atoms with Crippen molar-refractivity contribution in [1.82, 2.24) is 0 Å². The van der Waals surface area contributed by atoms with Gasteiger partial charge in [0, 0.05) is 20.1 Å². The minimum Gasteiger partial charge on any atom is -0.247 e. The third kappa shape index (κ3) is 3.63. The molecule has 0 N–H and O–H groups in total. The van der Waals surface area contributed by atoms with E-state index in [2.05, 4.69) is 62.9 Å². The van der Waals surface area contributed by atoms with E-state index in [4.69, 9.17) is 0 Å². The average molecular weight is 477 g/mol. The van der Waals surface area contributed by atoms with Crippen LogP contribution in [0.5, 0.6) is 0 Å². The molecule has 0 fully saturated rings. The predicted molar refractivity (Wildman–Crippen MR) is 93.6 cm³/mol. The Morgan fingerprint density at radius 2 is 1.91 bits per heavy atom. The number of hydrogen-bond donors (Lipinski definition) is 0. The van der Waals surface area contributed by atoms with Gasteiger partial charge in [0.2, 0.25) is 0 Å². The molecule has 23 heavy (non-hydrogen) atoms. The maximum absolute atomic E-state index is 3.84. The Hall–Kier alpha value is -1.69. The maximum Gasteiger partial charge on any atom is 0 e. The molecule has 1 unspecified atom stereocenters. The zero-order valence-electron chi connectivity index (χ0n) is 13.5. The second-order valence-electron chi connectivity index (χ2n) is 5.81. The number of benzene rings is 2. The maximum atomic E-state index is 3.84. The zero-order valence-corrected chi connectivity index (χ0v) is 15.9. The second kappa shape index (κ2) is 7.72. The number of aryl methyl sites for hydroxylation is 2. The first-order valence-electron chi connectivity index (χ1n) is 7.68. The quantitative estimate of drug-likeness (QED) is 0.411. The molecular formula is C22H20Ir-2. The van der Waals surface area contributed by atoms with Crippen LogP contribution < -0.4 is 0 Å². The first-order valence-corrected chi connectivity index (χ1v) is 7.68. The molecule has 1 radical (unpaired) electrons. The van der Waals surface area contributed by atoms with E-state index in [0.717, 1.165) is 12.0 Å². The molecule has 0 aromatic heterocycles. The van der Waals surface area contributed by atoms with Crippen LogP contribution in [0.2, 0.25) is 0 Å². The molecule has 119 valence electrons. The number of rotatable bonds is 4. The molecule has 2 aromatic carbocycles. The summed E-state index contributed by atoms with van der Waals surface area (Å²) in [5, 5.41) is 0. The Morgan fingerprint density at radius 3 is 2.52 bits per heavy atom. The summed E-state index contributed by atoms with van der Waals surface area (Å²) in [5.41, 5.74) is 7.74. The Balaban J connectivity index is 0.00000192. The van der Waals surface area contributed by atoms with E-state index in [1.165, 1.54) is 27.8 Å². The average Bonchev–Trinajstić information content (AvgIpc) is 2.97. The van der Waals surface area contributed by atoms with Gasteiger partial charge in [0.25, 0.3) is 0 Å². The summed E-state index contributed by atoms with van der Waals surface area (Å²) in [6.45, 7) is 8.24. The van der Waals surface area contributed by atoms with Crippen LogP contribution in [0.15, 0.2) is 61.2 Å². The van der Waals surface area contributed by atoms with Crippen LogP contribution in [0.3, 0.4) is 0 Å². The Bertz CT molecular complexity index is 728. The van der Waals surface area contributed by atoms with Gasteiger partial charge in [-0.3, -0.25) is 0 Å². The van der Waals surface area contributed by atoms with Crippen molar-refractivity contribution in [1.29, 1.82) is 0 Å². The van der Waals surface area contributed by atoms with Gasteiger partial charge in [-0.05, 0) is 37.0 Å².